The summed E-state index contributed by atoms with van der Waals surface area (Å²) < 4.78 is 5.64. The Morgan fingerprint density at radius 3 is 2.37 bits per heavy atom. The number of aryl methyl sites for hydroxylation is 1. The molecular formula is C35H30N2O4. The predicted molar refractivity (Wildman–Crippen MR) is 158 cm³/mol. The van der Waals surface area contributed by atoms with Crippen LogP contribution in [0, 0.1) is 18.3 Å². The van der Waals surface area contributed by atoms with E-state index in [4.69, 9.17) is 4.42 Å². The summed E-state index contributed by atoms with van der Waals surface area (Å²) >= 11 is 0. The molecule has 1 amide bonds. The van der Waals surface area contributed by atoms with Gasteiger partial charge >= 0.3 is 0 Å². The fourth-order valence-electron chi connectivity index (χ4n) is 4.96. The number of fused-ring (bicyclic) bond motifs is 1. The molecule has 6 nitrogen and oxygen atoms in total. The van der Waals surface area contributed by atoms with Gasteiger partial charge in [-0.05, 0) is 77.6 Å². The van der Waals surface area contributed by atoms with E-state index >= 15 is 0 Å². The second-order valence-electron chi connectivity index (χ2n) is 10.4. The zero-order valence-corrected chi connectivity index (χ0v) is 23.2. The lowest BCUT2D eigenvalue weighted by atomic mass is 9.90. The lowest BCUT2D eigenvalue weighted by Crippen LogP contribution is -2.30. The van der Waals surface area contributed by atoms with Gasteiger partial charge in [0.25, 0.3) is 5.91 Å². The minimum Gasteiger partial charge on any atom is -0.449 e. The summed E-state index contributed by atoms with van der Waals surface area (Å²) in [6.07, 6.45) is 0. The van der Waals surface area contributed by atoms with Crippen molar-refractivity contribution < 1.29 is 19.1 Å². The number of aliphatic hydroxyl groups is 1. The number of nitrogens with zero attached hydrogens (tertiary/aromatic N) is 2. The first-order chi connectivity index (χ1) is 19.7. The largest absolute Gasteiger partial charge is 0.449 e. The van der Waals surface area contributed by atoms with E-state index in [0.29, 0.717) is 23.4 Å². The monoisotopic (exact) mass is 542 g/mol. The first-order valence-electron chi connectivity index (χ1n) is 13.4. The highest BCUT2D eigenvalue weighted by atomic mass is 16.3. The van der Waals surface area contributed by atoms with Crippen LogP contribution in [0.5, 0.6) is 0 Å². The van der Waals surface area contributed by atoms with Gasteiger partial charge in [-0.25, -0.2) is 0 Å². The van der Waals surface area contributed by atoms with Gasteiger partial charge in [-0.1, -0.05) is 78.9 Å². The van der Waals surface area contributed by atoms with Crippen molar-refractivity contribution in [1.82, 2.24) is 4.90 Å². The smallest absolute Gasteiger partial charge is 0.255 e. The molecule has 1 N–H and O–H groups in total. The van der Waals surface area contributed by atoms with Gasteiger partial charge in [-0.2, -0.15) is 5.26 Å². The van der Waals surface area contributed by atoms with Crippen molar-refractivity contribution in [3.05, 3.63) is 131 Å². The molecule has 5 aromatic rings. The number of carbonyl (C=O) groups is 2. The Labute approximate surface area is 239 Å². The summed E-state index contributed by atoms with van der Waals surface area (Å²) in [6, 6.07) is 32.3. The van der Waals surface area contributed by atoms with Crippen LogP contribution in [0.4, 0.5) is 0 Å². The summed E-state index contributed by atoms with van der Waals surface area (Å²) in [5.74, 6) is 0.273. The molecule has 0 bridgehead atoms. The van der Waals surface area contributed by atoms with Crippen LogP contribution in [0.25, 0.3) is 21.9 Å². The van der Waals surface area contributed by atoms with Gasteiger partial charge in [0.05, 0.1) is 12.1 Å². The van der Waals surface area contributed by atoms with E-state index in [1.165, 1.54) is 13.8 Å². The van der Waals surface area contributed by atoms with Gasteiger partial charge in [-0.3, -0.25) is 9.59 Å². The van der Waals surface area contributed by atoms with E-state index in [-0.39, 0.29) is 24.0 Å². The first-order valence-corrected chi connectivity index (χ1v) is 13.4. The van der Waals surface area contributed by atoms with Crippen LogP contribution in [-0.4, -0.2) is 21.7 Å². The number of amides is 1. The van der Waals surface area contributed by atoms with Gasteiger partial charge in [0.1, 0.15) is 17.4 Å². The maximum Gasteiger partial charge on any atom is 0.255 e. The fraction of sp³-hybridized carbons (Fsp3) is 0.171. The number of ketones is 1. The average molecular weight is 543 g/mol. The third kappa shape index (κ3) is 5.67. The molecule has 6 heteroatoms. The quantitative estimate of drug-likeness (QED) is 0.230. The molecule has 1 heterocycles. The van der Waals surface area contributed by atoms with E-state index in [2.05, 4.69) is 0 Å². The second kappa shape index (κ2) is 11.2. The third-order valence-electron chi connectivity index (χ3n) is 7.53. The molecule has 0 spiro atoms. The number of benzene rings is 4. The zero-order valence-electron chi connectivity index (χ0n) is 23.2. The van der Waals surface area contributed by atoms with E-state index < -0.39 is 5.60 Å². The van der Waals surface area contributed by atoms with Crippen LogP contribution < -0.4 is 0 Å². The van der Waals surface area contributed by atoms with Gasteiger partial charge < -0.3 is 14.4 Å². The van der Waals surface area contributed by atoms with Crippen molar-refractivity contribution in [1.29, 1.82) is 5.26 Å². The highest BCUT2D eigenvalue weighted by Crippen LogP contribution is 2.29. The van der Waals surface area contributed by atoms with Crippen molar-refractivity contribution in [2.24, 2.45) is 0 Å². The molecule has 0 radical (unpaired) electrons. The summed E-state index contributed by atoms with van der Waals surface area (Å²) in [4.78, 5) is 27.8. The van der Waals surface area contributed by atoms with Gasteiger partial charge in [0.2, 0.25) is 5.76 Å². The van der Waals surface area contributed by atoms with Crippen LogP contribution in [0.3, 0.4) is 0 Å². The average Bonchev–Trinajstić information content (AvgIpc) is 3.44. The number of hydrogen-bond acceptors (Lipinski definition) is 5. The maximum atomic E-state index is 14.1. The van der Waals surface area contributed by atoms with Crippen LogP contribution in [-0.2, 0) is 23.5 Å². The Morgan fingerprint density at radius 1 is 0.902 bits per heavy atom. The summed E-state index contributed by atoms with van der Waals surface area (Å²) in [5.41, 5.74) is 3.20. The van der Waals surface area contributed by atoms with Gasteiger partial charge in [0, 0.05) is 6.54 Å². The van der Waals surface area contributed by atoms with Gasteiger partial charge in [0.15, 0.2) is 5.78 Å². The van der Waals surface area contributed by atoms with Crippen LogP contribution in [0.2, 0.25) is 0 Å². The maximum absolute atomic E-state index is 14.1. The van der Waals surface area contributed by atoms with Crippen molar-refractivity contribution in [3.63, 3.8) is 0 Å². The highest BCUT2D eigenvalue weighted by molar-refractivity contribution is 6.08. The molecule has 0 fully saturated rings. The van der Waals surface area contributed by atoms with Crippen molar-refractivity contribution >= 4 is 22.5 Å². The Balaban J connectivity index is 1.47. The standard InChI is InChI=1S/C35H30N2O4/c1-23-11-14-27-7-4-5-10-32(27)33(23)34(39)37(22-31-18-17-30(20-36)41-31)21-25-12-15-26(16-13-25)28-8-6-9-29(19-28)35(3,40)24(2)38/h4-19,40H,21-22H2,1-3H3. The minimum atomic E-state index is -1.56. The number of carbonyl (C=O) groups excluding carboxylic acids is 2. The van der Waals surface area contributed by atoms with Crippen molar-refractivity contribution in [3.8, 4) is 17.2 Å². The molecule has 0 saturated carbocycles. The summed E-state index contributed by atoms with van der Waals surface area (Å²) in [7, 11) is 0. The number of furan rings is 1. The number of nitriles is 1. The summed E-state index contributed by atoms with van der Waals surface area (Å²) in [6.45, 7) is 5.33. The molecule has 204 valence electrons. The normalized spacial score (nSPS) is 12.5. The number of rotatable bonds is 8. The summed E-state index contributed by atoms with van der Waals surface area (Å²) in [5, 5.41) is 21.7. The molecular weight excluding hydrogens is 512 g/mol. The molecule has 1 unspecified atom stereocenters. The van der Waals surface area contributed by atoms with E-state index in [1.807, 2.05) is 91.9 Å². The van der Waals surface area contributed by atoms with Crippen LogP contribution in [0.1, 0.15) is 52.4 Å². The SMILES string of the molecule is CC(=O)C(C)(O)c1cccc(-c2ccc(CN(Cc3ccc(C#N)o3)C(=O)c3c(C)ccc4ccccc34)cc2)c1. The minimum absolute atomic E-state index is 0.127. The number of hydrogen-bond donors (Lipinski definition) is 1. The molecule has 0 saturated heterocycles. The van der Waals surface area contributed by atoms with E-state index in [1.54, 1.807) is 23.1 Å². The Kier molecular flexibility index (Phi) is 7.56. The molecule has 0 aliphatic heterocycles. The molecule has 0 aliphatic carbocycles. The first kappa shape index (κ1) is 27.6. The molecule has 0 aliphatic rings. The van der Waals surface area contributed by atoms with Crippen molar-refractivity contribution in [2.75, 3.05) is 0 Å². The predicted octanol–water partition coefficient (Wildman–Crippen LogP) is 6.92. The molecule has 4 aromatic carbocycles. The fourth-order valence-corrected chi connectivity index (χ4v) is 4.96. The molecule has 1 atom stereocenters. The molecule has 1 aromatic heterocycles. The third-order valence-corrected chi connectivity index (χ3v) is 7.53. The molecule has 5 rings (SSSR count). The van der Waals surface area contributed by atoms with Crippen molar-refractivity contribution in [2.45, 2.75) is 39.5 Å². The Bertz CT molecular complexity index is 1790. The lowest BCUT2D eigenvalue weighted by molar-refractivity contribution is -0.134. The van der Waals surface area contributed by atoms with Crippen LogP contribution >= 0.6 is 0 Å². The second-order valence-corrected chi connectivity index (χ2v) is 10.4. The lowest BCUT2D eigenvalue weighted by Gasteiger charge is -2.24. The van der Waals surface area contributed by atoms with E-state index in [0.717, 1.165) is 33.0 Å². The number of Topliss-reactive ketones (excluding diaryl/α,β-unsaturated/α-hetero) is 1. The zero-order chi connectivity index (χ0) is 29.1. The van der Waals surface area contributed by atoms with Gasteiger partial charge in [-0.15, -0.1) is 0 Å². The molecule has 41 heavy (non-hydrogen) atoms. The topological polar surface area (TPSA) is 94.5 Å². The highest BCUT2D eigenvalue weighted by Gasteiger charge is 2.29. The Hall–Kier alpha value is -4.99. The van der Waals surface area contributed by atoms with Crippen LogP contribution in [0.15, 0.2) is 101 Å². The van der Waals surface area contributed by atoms with E-state index in [9.17, 15) is 20.0 Å². The Morgan fingerprint density at radius 2 is 1.66 bits per heavy atom.